The van der Waals surface area contributed by atoms with Crippen LogP contribution in [0.25, 0.3) is 0 Å². The first kappa shape index (κ1) is 6.99. The molecule has 0 amide bonds. The molecule has 1 aromatic rings. The summed E-state index contributed by atoms with van der Waals surface area (Å²) in [6.45, 7) is 3.07. The van der Waals surface area contributed by atoms with Gasteiger partial charge in [-0.05, 0) is 6.92 Å². The van der Waals surface area contributed by atoms with E-state index >= 15 is 0 Å². The van der Waals surface area contributed by atoms with E-state index in [-0.39, 0.29) is 0 Å². The zero-order chi connectivity index (χ0) is 7.40. The Morgan fingerprint density at radius 3 is 2.50 bits per heavy atom. The minimum absolute atomic E-state index is 0.980. The van der Waals surface area contributed by atoms with Crippen molar-refractivity contribution in [3.8, 4) is 0 Å². The van der Waals surface area contributed by atoms with E-state index in [4.69, 9.17) is 0 Å². The van der Waals surface area contributed by atoms with Crippen LogP contribution >= 0.6 is 0 Å². The minimum Gasteiger partial charge on any atom is -0.372 e. The highest BCUT2D eigenvalue weighted by atomic mass is 15.1. The highest BCUT2D eigenvalue weighted by Crippen LogP contribution is 2.05. The number of hydrogen-bond donors (Lipinski definition) is 0. The first-order valence-electron chi connectivity index (χ1n) is 3.30. The van der Waals surface area contributed by atoms with Crippen LogP contribution in [0.1, 0.15) is 6.92 Å². The van der Waals surface area contributed by atoms with Gasteiger partial charge in [-0.25, -0.2) is 9.97 Å². The molecule has 0 bridgehead atoms. The first-order chi connectivity index (χ1) is 4.84. The summed E-state index contributed by atoms with van der Waals surface area (Å²) in [6.07, 6.45) is 5.14. The molecule has 0 spiro atoms. The van der Waals surface area contributed by atoms with Crippen LogP contribution in [-0.4, -0.2) is 23.6 Å². The van der Waals surface area contributed by atoms with Crippen molar-refractivity contribution >= 4 is 5.69 Å². The van der Waals surface area contributed by atoms with E-state index in [1.165, 1.54) is 6.33 Å². The van der Waals surface area contributed by atoms with Crippen molar-refractivity contribution in [3.05, 3.63) is 18.7 Å². The van der Waals surface area contributed by atoms with Crippen molar-refractivity contribution in [2.45, 2.75) is 6.92 Å². The predicted molar refractivity (Wildman–Crippen MR) is 41.0 cm³/mol. The lowest BCUT2D eigenvalue weighted by Gasteiger charge is -2.14. The Morgan fingerprint density at radius 2 is 2.00 bits per heavy atom. The fourth-order valence-electron chi connectivity index (χ4n) is 0.671. The summed E-state index contributed by atoms with van der Waals surface area (Å²) in [5.74, 6) is 0. The molecule has 0 saturated carbocycles. The van der Waals surface area contributed by atoms with Crippen molar-refractivity contribution in [2.75, 3.05) is 18.5 Å². The van der Waals surface area contributed by atoms with Crippen LogP contribution in [0.15, 0.2) is 18.7 Å². The van der Waals surface area contributed by atoms with Crippen LogP contribution in [0, 0.1) is 0 Å². The molecule has 0 atom stereocenters. The molecule has 54 valence electrons. The predicted octanol–water partition coefficient (Wildman–Crippen LogP) is 0.933. The Bertz CT molecular complexity index is 185. The Kier molecular flexibility index (Phi) is 2.20. The van der Waals surface area contributed by atoms with E-state index < -0.39 is 0 Å². The van der Waals surface area contributed by atoms with Crippen molar-refractivity contribution in [1.82, 2.24) is 9.97 Å². The molecule has 0 aromatic carbocycles. The van der Waals surface area contributed by atoms with Gasteiger partial charge in [0.05, 0.1) is 18.1 Å². The van der Waals surface area contributed by atoms with E-state index in [1.807, 2.05) is 7.05 Å². The molecule has 0 aliphatic heterocycles. The van der Waals surface area contributed by atoms with Gasteiger partial charge in [0.25, 0.3) is 0 Å². The Labute approximate surface area is 60.7 Å². The standard InChI is InChI=1S/C7H11N3/c1-3-10(2)7-4-8-6-9-5-7/h4-6H,3H2,1-2H3. The van der Waals surface area contributed by atoms with Gasteiger partial charge in [-0.15, -0.1) is 0 Å². The SMILES string of the molecule is CCN(C)c1cncnc1. The zero-order valence-corrected chi connectivity index (χ0v) is 6.28. The molecule has 1 heterocycles. The van der Waals surface area contributed by atoms with Gasteiger partial charge in [-0.1, -0.05) is 0 Å². The van der Waals surface area contributed by atoms with Crippen LogP contribution in [0.3, 0.4) is 0 Å². The van der Waals surface area contributed by atoms with Crippen LogP contribution in [0.5, 0.6) is 0 Å². The number of anilines is 1. The summed E-state index contributed by atoms with van der Waals surface area (Å²) in [7, 11) is 2.01. The topological polar surface area (TPSA) is 29.0 Å². The van der Waals surface area contributed by atoms with E-state index in [1.54, 1.807) is 12.4 Å². The monoisotopic (exact) mass is 137 g/mol. The third-order valence-corrected chi connectivity index (χ3v) is 1.46. The summed E-state index contributed by atoms with van der Waals surface area (Å²) in [5.41, 5.74) is 1.06. The quantitative estimate of drug-likeness (QED) is 0.607. The van der Waals surface area contributed by atoms with Gasteiger partial charge in [-0.2, -0.15) is 0 Å². The molecule has 0 fully saturated rings. The third kappa shape index (κ3) is 1.43. The maximum atomic E-state index is 3.90. The maximum Gasteiger partial charge on any atom is 0.115 e. The fraction of sp³-hybridized carbons (Fsp3) is 0.429. The number of aromatic nitrogens is 2. The molecule has 0 N–H and O–H groups in total. The molecule has 1 aromatic heterocycles. The molecular weight excluding hydrogens is 126 g/mol. The van der Waals surface area contributed by atoms with E-state index in [0.717, 1.165) is 12.2 Å². The molecule has 0 unspecified atom stereocenters. The summed E-state index contributed by atoms with van der Waals surface area (Å²) in [4.78, 5) is 9.89. The second-order valence-electron chi connectivity index (χ2n) is 2.11. The largest absolute Gasteiger partial charge is 0.372 e. The lowest BCUT2D eigenvalue weighted by Crippen LogP contribution is -2.15. The molecule has 10 heavy (non-hydrogen) atoms. The van der Waals surface area contributed by atoms with Crippen LogP contribution in [0.2, 0.25) is 0 Å². The number of nitrogens with zero attached hydrogens (tertiary/aromatic N) is 3. The van der Waals surface area contributed by atoms with Crippen molar-refractivity contribution in [3.63, 3.8) is 0 Å². The van der Waals surface area contributed by atoms with E-state index in [0.29, 0.717) is 0 Å². The average Bonchev–Trinajstić information content (AvgIpc) is 2.05. The maximum absolute atomic E-state index is 3.90. The van der Waals surface area contributed by atoms with Crippen molar-refractivity contribution in [1.29, 1.82) is 0 Å². The molecule has 0 saturated heterocycles. The summed E-state index contributed by atoms with van der Waals surface area (Å²) >= 11 is 0. The summed E-state index contributed by atoms with van der Waals surface area (Å²) in [6, 6.07) is 0. The molecule has 1 rings (SSSR count). The molecule has 0 radical (unpaired) electrons. The lowest BCUT2D eigenvalue weighted by atomic mass is 10.5. The van der Waals surface area contributed by atoms with Gasteiger partial charge in [0.1, 0.15) is 6.33 Å². The van der Waals surface area contributed by atoms with Gasteiger partial charge in [0, 0.05) is 13.6 Å². The van der Waals surface area contributed by atoms with Crippen molar-refractivity contribution < 1.29 is 0 Å². The summed E-state index contributed by atoms with van der Waals surface area (Å²) < 4.78 is 0. The highest BCUT2D eigenvalue weighted by molar-refractivity contribution is 5.39. The Hall–Kier alpha value is -1.12. The fourth-order valence-corrected chi connectivity index (χ4v) is 0.671. The Morgan fingerprint density at radius 1 is 1.40 bits per heavy atom. The van der Waals surface area contributed by atoms with Gasteiger partial charge >= 0.3 is 0 Å². The van der Waals surface area contributed by atoms with Gasteiger partial charge in [-0.3, -0.25) is 0 Å². The molecule has 3 heteroatoms. The molecular formula is C7H11N3. The molecule has 3 nitrogen and oxygen atoms in total. The van der Waals surface area contributed by atoms with Gasteiger partial charge < -0.3 is 4.90 Å². The lowest BCUT2D eigenvalue weighted by molar-refractivity contribution is 0.949. The number of hydrogen-bond acceptors (Lipinski definition) is 3. The van der Waals surface area contributed by atoms with Gasteiger partial charge in [0.15, 0.2) is 0 Å². The molecule has 0 aliphatic rings. The zero-order valence-electron chi connectivity index (χ0n) is 6.28. The average molecular weight is 137 g/mol. The van der Waals surface area contributed by atoms with Crippen molar-refractivity contribution in [2.24, 2.45) is 0 Å². The second kappa shape index (κ2) is 3.15. The Balaban J connectivity index is 2.75. The van der Waals surface area contributed by atoms with Gasteiger partial charge in [0.2, 0.25) is 0 Å². The minimum atomic E-state index is 0.980. The molecule has 0 aliphatic carbocycles. The first-order valence-corrected chi connectivity index (χ1v) is 3.30. The smallest absolute Gasteiger partial charge is 0.115 e. The summed E-state index contributed by atoms with van der Waals surface area (Å²) in [5, 5.41) is 0. The number of rotatable bonds is 2. The normalized spacial score (nSPS) is 9.40. The second-order valence-corrected chi connectivity index (χ2v) is 2.11. The van der Waals surface area contributed by atoms with E-state index in [9.17, 15) is 0 Å². The van der Waals surface area contributed by atoms with Crippen LogP contribution in [0.4, 0.5) is 5.69 Å². The highest BCUT2D eigenvalue weighted by Gasteiger charge is 1.94. The van der Waals surface area contributed by atoms with E-state index in [2.05, 4.69) is 21.8 Å². The van der Waals surface area contributed by atoms with Crippen LogP contribution < -0.4 is 4.90 Å². The van der Waals surface area contributed by atoms with Crippen LogP contribution in [-0.2, 0) is 0 Å². The third-order valence-electron chi connectivity index (χ3n) is 1.46.